The van der Waals surface area contributed by atoms with E-state index in [1.165, 1.54) is 36.0 Å². The highest BCUT2D eigenvalue weighted by molar-refractivity contribution is 8.18. The van der Waals surface area contributed by atoms with Crippen molar-refractivity contribution >= 4 is 46.5 Å². The Morgan fingerprint density at radius 2 is 1.70 bits per heavy atom. The molecule has 0 atom stereocenters. The van der Waals surface area contributed by atoms with E-state index in [1.807, 2.05) is 37.3 Å². The normalized spacial score (nSPS) is 14.8. The first kappa shape index (κ1) is 29.2. The summed E-state index contributed by atoms with van der Waals surface area (Å²) in [5.74, 6) is -1.37. The van der Waals surface area contributed by atoms with Gasteiger partial charge in [-0.25, -0.2) is 14.6 Å². The minimum absolute atomic E-state index is 0.00381. The van der Waals surface area contributed by atoms with Crippen LogP contribution in [-0.2, 0) is 17.9 Å². The average Bonchev–Trinajstić information content (AvgIpc) is 3.59. The third-order valence-corrected chi connectivity index (χ3v) is 7.22. The first-order valence-electron chi connectivity index (χ1n) is 13.2. The van der Waals surface area contributed by atoms with Gasteiger partial charge in [-0.1, -0.05) is 36.4 Å². The maximum Gasteiger partial charge on any atom is 0.371 e. The molecule has 1 aliphatic heterocycles. The Kier molecular flexibility index (Phi) is 8.92. The molecular weight excluding hydrogens is 572 g/mol. The zero-order chi connectivity index (χ0) is 30.3. The van der Waals surface area contributed by atoms with Gasteiger partial charge in [0.2, 0.25) is 5.76 Å². The summed E-state index contributed by atoms with van der Waals surface area (Å²) in [5, 5.41) is 18.8. The summed E-state index contributed by atoms with van der Waals surface area (Å²) in [4.78, 5) is 42.7. The molecule has 1 aliphatic rings. The third kappa shape index (κ3) is 7.14. The molecule has 1 fully saturated rings. The SMILES string of the molecule is CCOc1cc(C=C2SC(=Nc3ccccc3)N(Cc3ccc(C(=O)O)cc3)C2=O)ccc1OCc1ccc(C(=O)O)o1. The summed E-state index contributed by atoms with van der Waals surface area (Å²) in [6, 6.07) is 23.8. The first-order chi connectivity index (χ1) is 20.8. The second-order valence-electron chi connectivity index (χ2n) is 9.23. The van der Waals surface area contributed by atoms with Crippen LogP contribution in [0.1, 0.15) is 44.7 Å². The molecule has 0 spiro atoms. The quantitative estimate of drug-likeness (QED) is 0.186. The van der Waals surface area contributed by atoms with E-state index in [9.17, 15) is 19.5 Å². The number of carbonyl (C=O) groups excluding carboxylic acids is 1. The van der Waals surface area contributed by atoms with Crippen LogP contribution in [0, 0.1) is 0 Å². The molecule has 11 heteroatoms. The summed E-state index contributed by atoms with van der Waals surface area (Å²) in [5.41, 5.74) is 2.31. The van der Waals surface area contributed by atoms with Gasteiger partial charge < -0.3 is 24.1 Å². The van der Waals surface area contributed by atoms with Crippen molar-refractivity contribution in [3.63, 3.8) is 0 Å². The summed E-state index contributed by atoms with van der Waals surface area (Å²) in [7, 11) is 0. The molecule has 0 bridgehead atoms. The van der Waals surface area contributed by atoms with Gasteiger partial charge in [-0.05, 0) is 84.4 Å². The van der Waals surface area contributed by atoms with Crippen molar-refractivity contribution in [3.05, 3.63) is 118 Å². The molecule has 0 radical (unpaired) electrons. The second kappa shape index (κ2) is 13.1. The smallest absolute Gasteiger partial charge is 0.371 e. The molecule has 5 rings (SSSR count). The predicted molar refractivity (Wildman–Crippen MR) is 161 cm³/mol. The number of aromatic carboxylic acids is 2. The standard InChI is InChI=1S/C32H26N2O8S/c1-2-40-27-16-21(10-14-25(27)41-19-24-13-15-26(42-24)31(38)39)17-28-29(35)34(18-20-8-11-22(12-9-20)30(36)37)32(43-28)33-23-6-4-3-5-7-23/h3-17H,2,18-19H2,1H3,(H,36,37)(H,38,39). The number of aliphatic imine (C=N–C) groups is 1. The summed E-state index contributed by atoms with van der Waals surface area (Å²) < 4.78 is 16.9. The molecule has 0 saturated carbocycles. The Hall–Kier alpha value is -5.29. The number of carboxylic acids is 2. The number of hydrogen-bond acceptors (Lipinski definition) is 8. The number of para-hydroxylation sites is 1. The van der Waals surface area contributed by atoms with E-state index >= 15 is 0 Å². The van der Waals surface area contributed by atoms with Gasteiger partial charge >= 0.3 is 11.9 Å². The molecule has 1 saturated heterocycles. The van der Waals surface area contributed by atoms with Crippen molar-refractivity contribution in [1.29, 1.82) is 0 Å². The number of amides is 1. The summed E-state index contributed by atoms with van der Waals surface area (Å²) >= 11 is 1.24. The van der Waals surface area contributed by atoms with E-state index < -0.39 is 11.9 Å². The van der Waals surface area contributed by atoms with Crippen LogP contribution in [0.4, 0.5) is 5.69 Å². The van der Waals surface area contributed by atoms with E-state index in [1.54, 1.807) is 41.3 Å². The molecule has 2 N–H and O–H groups in total. The molecule has 0 unspecified atom stereocenters. The van der Waals surface area contributed by atoms with E-state index in [2.05, 4.69) is 0 Å². The molecule has 1 amide bonds. The molecule has 4 aromatic rings. The number of carbonyl (C=O) groups is 3. The Morgan fingerprint density at radius 1 is 0.930 bits per heavy atom. The third-order valence-electron chi connectivity index (χ3n) is 6.22. The topological polar surface area (TPSA) is 139 Å². The minimum atomic E-state index is -1.16. The van der Waals surface area contributed by atoms with Crippen LogP contribution in [0.3, 0.4) is 0 Å². The van der Waals surface area contributed by atoms with Gasteiger partial charge in [-0.2, -0.15) is 0 Å². The number of nitrogens with zero attached hydrogens (tertiary/aromatic N) is 2. The lowest BCUT2D eigenvalue weighted by Gasteiger charge is -2.16. The van der Waals surface area contributed by atoms with E-state index in [0.717, 1.165) is 5.56 Å². The van der Waals surface area contributed by atoms with Crippen molar-refractivity contribution in [2.75, 3.05) is 6.61 Å². The number of rotatable bonds is 11. The van der Waals surface area contributed by atoms with Gasteiger partial charge in [0.15, 0.2) is 16.7 Å². The lowest BCUT2D eigenvalue weighted by Crippen LogP contribution is -2.28. The maximum absolute atomic E-state index is 13.6. The van der Waals surface area contributed by atoms with Crippen LogP contribution < -0.4 is 9.47 Å². The van der Waals surface area contributed by atoms with Gasteiger partial charge in [0.05, 0.1) is 29.3 Å². The van der Waals surface area contributed by atoms with Gasteiger partial charge in [0, 0.05) is 0 Å². The first-order valence-corrected chi connectivity index (χ1v) is 14.0. The highest BCUT2D eigenvalue weighted by Crippen LogP contribution is 2.37. The number of hydrogen-bond donors (Lipinski definition) is 2. The van der Waals surface area contributed by atoms with Crippen LogP contribution in [0.15, 0.2) is 99.2 Å². The summed E-state index contributed by atoms with van der Waals surface area (Å²) in [6.45, 7) is 2.42. The highest BCUT2D eigenvalue weighted by atomic mass is 32.2. The molecule has 0 aliphatic carbocycles. The Bertz CT molecular complexity index is 1710. The minimum Gasteiger partial charge on any atom is -0.490 e. The average molecular weight is 599 g/mol. The van der Waals surface area contributed by atoms with Gasteiger partial charge in [0.25, 0.3) is 5.91 Å². The number of furan rings is 1. The van der Waals surface area contributed by atoms with Crippen LogP contribution in [0.5, 0.6) is 11.5 Å². The highest BCUT2D eigenvalue weighted by Gasteiger charge is 2.33. The van der Waals surface area contributed by atoms with E-state index in [-0.39, 0.29) is 30.4 Å². The number of amidine groups is 1. The van der Waals surface area contributed by atoms with Crippen LogP contribution in [-0.4, -0.2) is 44.7 Å². The second-order valence-corrected chi connectivity index (χ2v) is 10.2. The van der Waals surface area contributed by atoms with Gasteiger partial charge in [-0.3, -0.25) is 9.69 Å². The molecular formula is C32H26N2O8S. The molecule has 43 heavy (non-hydrogen) atoms. The molecule has 1 aromatic heterocycles. The fourth-order valence-electron chi connectivity index (χ4n) is 4.15. The molecule has 10 nitrogen and oxygen atoms in total. The van der Waals surface area contributed by atoms with Crippen LogP contribution in [0.25, 0.3) is 6.08 Å². The fourth-order valence-corrected chi connectivity index (χ4v) is 5.15. The predicted octanol–water partition coefficient (Wildman–Crippen LogP) is 6.46. The van der Waals surface area contributed by atoms with E-state index in [4.69, 9.17) is 24.0 Å². The summed E-state index contributed by atoms with van der Waals surface area (Å²) in [6.07, 6.45) is 1.75. The zero-order valence-corrected chi connectivity index (χ0v) is 23.7. The zero-order valence-electron chi connectivity index (χ0n) is 22.9. The lowest BCUT2D eigenvalue weighted by molar-refractivity contribution is -0.122. The van der Waals surface area contributed by atoms with Crippen molar-refractivity contribution in [3.8, 4) is 11.5 Å². The Balaban J connectivity index is 1.40. The van der Waals surface area contributed by atoms with Crippen LogP contribution >= 0.6 is 11.8 Å². The fraction of sp³-hybridized carbons (Fsp3) is 0.125. The monoisotopic (exact) mass is 598 g/mol. The van der Waals surface area contributed by atoms with Crippen molar-refractivity contribution in [1.82, 2.24) is 4.90 Å². The van der Waals surface area contributed by atoms with Crippen LogP contribution in [0.2, 0.25) is 0 Å². The largest absolute Gasteiger partial charge is 0.490 e. The van der Waals surface area contributed by atoms with Crippen molar-refractivity contribution in [2.45, 2.75) is 20.1 Å². The number of benzene rings is 3. The number of ether oxygens (including phenoxy) is 2. The van der Waals surface area contributed by atoms with Gasteiger partial charge in [0.1, 0.15) is 12.4 Å². The molecule has 218 valence electrons. The number of carboxylic acid groups (broad SMARTS) is 2. The number of thioether (sulfide) groups is 1. The van der Waals surface area contributed by atoms with E-state index in [0.29, 0.717) is 45.2 Å². The molecule has 2 heterocycles. The Morgan fingerprint density at radius 3 is 2.37 bits per heavy atom. The lowest BCUT2D eigenvalue weighted by atomic mass is 10.1. The molecule has 3 aromatic carbocycles. The van der Waals surface area contributed by atoms with Crippen molar-refractivity contribution < 1.29 is 38.5 Å². The Labute approximate surface area is 250 Å². The van der Waals surface area contributed by atoms with Gasteiger partial charge in [-0.15, -0.1) is 0 Å². The maximum atomic E-state index is 13.6. The van der Waals surface area contributed by atoms with Crippen molar-refractivity contribution in [2.24, 2.45) is 4.99 Å².